The van der Waals surface area contributed by atoms with Crippen molar-refractivity contribution in [3.63, 3.8) is 0 Å². The van der Waals surface area contributed by atoms with Gasteiger partial charge in [-0.15, -0.1) is 0 Å². The second kappa shape index (κ2) is 6.43. The molecule has 28 heavy (non-hydrogen) atoms. The maximum atomic E-state index is 8.26. The molecule has 1 aromatic carbocycles. The highest BCUT2D eigenvalue weighted by molar-refractivity contribution is 7.08. The van der Waals surface area contributed by atoms with E-state index in [9.17, 15) is 0 Å². The van der Waals surface area contributed by atoms with Gasteiger partial charge in [0.05, 0.1) is 5.71 Å². The van der Waals surface area contributed by atoms with E-state index in [4.69, 9.17) is 5.41 Å². The zero-order valence-electron chi connectivity index (χ0n) is 16.8. The Kier molecular flexibility index (Phi) is 4.11. The summed E-state index contributed by atoms with van der Waals surface area (Å²) >= 11 is 1.78. The summed E-state index contributed by atoms with van der Waals surface area (Å²) in [5, 5.41) is 15.7. The van der Waals surface area contributed by atoms with Crippen LogP contribution in [0.5, 0.6) is 0 Å². The Morgan fingerprint density at radius 3 is 2.54 bits per heavy atom. The summed E-state index contributed by atoms with van der Waals surface area (Å²) in [6.45, 7) is 9.47. The van der Waals surface area contributed by atoms with Crippen molar-refractivity contribution in [1.29, 1.82) is 5.41 Å². The number of fused-ring (bicyclic) bond motifs is 2. The largest absolute Gasteiger partial charge is 0.372 e. The van der Waals surface area contributed by atoms with Crippen LogP contribution in [-0.2, 0) is 0 Å². The summed E-state index contributed by atoms with van der Waals surface area (Å²) in [5.74, 6) is 0. The third-order valence-corrected chi connectivity index (χ3v) is 10.9. The minimum absolute atomic E-state index is 0.625. The summed E-state index contributed by atoms with van der Waals surface area (Å²) in [4.78, 5) is 2.54. The Labute approximate surface area is 172 Å². The fraction of sp³-hybridized carbons (Fsp3) is 0.292. The van der Waals surface area contributed by atoms with Crippen molar-refractivity contribution in [2.75, 3.05) is 18.0 Å². The van der Waals surface area contributed by atoms with Crippen LogP contribution in [0.1, 0.15) is 29.5 Å². The molecule has 0 bridgehead atoms. The second-order valence-corrected chi connectivity index (χ2v) is 13.7. The van der Waals surface area contributed by atoms with Crippen LogP contribution in [-0.4, -0.2) is 26.9 Å². The predicted molar refractivity (Wildman–Crippen MR) is 125 cm³/mol. The number of rotatable bonds is 2. The van der Waals surface area contributed by atoms with Gasteiger partial charge in [-0.05, 0) is 93.0 Å². The Bertz CT molecular complexity index is 1080. The molecule has 4 heteroatoms. The molecule has 1 aromatic heterocycles. The van der Waals surface area contributed by atoms with Crippen LogP contribution < -0.4 is 10.1 Å². The molecule has 0 amide bonds. The number of thiophene rings is 1. The van der Waals surface area contributed by atoms with Crippen molar-refractivity contribution >= 4 is 41.6 Å². The molecule has 0 saturated carbocycles. The molecule has 0 spiro atoms. The SMILES string of the molecule is Cc1cscc1C1=C2C=CC(=N)C=C2[Si](C)(C)c2cc(N3CCCC3)ccc21. The van der Waals surface area contributed by atoms with Crippen LogP contribution in [0.25, 0.3) is 5.57 Å². The smallest absolute Gasteiger partial charge is 0.114 e. The minimum atomic E-state index is -1.88. The van der Waals surface area contributed by atoms with Gasteiger partial charge in [0, 0.05) is 18.8 Å². The summed E-state index contributed by atoms with van der Waals surface area (Å²) in [6.07, 6.45) is 8.88. The summed E-state index contributed by atoms with van der Waals surface area (Å²) in [7, 11) is -1.88. The van der Waals surface area contributed by atoms with Crippen LogP contribution in [0.15, 0.2) is 58.0 Å². The Balaban J connectivity index is 1.79. The lowest BCUT2D eigenvalue weighted by Crippen LogP contribution is -2.49. The second-order valence-electron chi connectivity index (χ2n) is 8.65. The average molecular weight is 403 g/mol. The van der Waals surface area contributed by atoms with Gasteiger partial charge in [-0.3, -0.25) is 0 Å². The molecule has 142 valence electrons. The third kappa shape index (κ3) is 2.62. The van der Waals surface area contributed by atoms with Crippen molar-refractivity contribution in [2.24, 2.45) is 0 Å². The number of nitrogens with zero attached hydrogens (tertiary/aromatic N) is 1. The van der Waals surface area contributed by atoms with Crippen LogP contribution in [0.2, 0.25) is 13.1 Å². The molecule has 1 saturated heterocycles. The van der Waals surface area contributed by atoms with Gasteiger partial charge in [0.15, 0.2) is 0 Å². The lowest BCUT2D eigenvalue weighted by Gasteiger charge is -2.38. The molecule has 0 atom stereocenters. The van der Waals surface area contributed by atoms with E-state index in [1.54, 1.807) is 11.3 Å². The number of nitrogens with one attached hydrogen (secondary N) is 1. The maximum absolute atomic E-state index is 8.26. The number of hydrogen-bond acceptors (Lipinski definition) is 3. The van der Waals surface area contributed by atoms with E-state index >= 15 is 0 Å². The molecule has 2 aromatic rings. The Hall–Kier alpha value is -2.17. The van der Waals surface area contributed by atoms with Gasteiger partial charge in [-0.25, -0.2) is 0 Å². The third-order valence-electron chi connectivity index (χ3n) is 6.50. The van der Waals surface area contributed by atoms with Gasteiger partial charge in [0.2, 0.25) is 0 Å². The number of allylic oxidation sites excluding steroid dienone is 5. The van der Waals surface area contributed by atoms with Gasteiger partial charge in [0.1, 0.15) is 8.07 Å². The maximum Gasteiger partial charge on any atom is 0.114 e. The molecule has 3 aliphatic rings. The van der Waals surface area contributed by atoms with E-state index in [1.807, 2.05) is 6.08 Å². The van der Waals surface area contributed by atoms with E-state index < -0.39 is 8.07 Å². The molecule has 0 radical (unpaired) electrons. The number of aryl methyl sites for hydroxylation is 1. The molecule has 1 fully saturated rings. The molecule has 1 aliphatic carbocycles. The van der Waals surface area contributed by atoms with Gasteiger partial charge < -0.3 is 10.3 Å². The van der Waals surface area contributed by atoms with Gasteiger partial charge in [-0.1, -0.05) is 25.2 Å². The first-order chi connectivity index (χ1) is 13.5. The molecule has 0 unspecified atom stereocenters. The Morgan fingerprint density at radius 2 is 1.82 bits per heavy atom. The molecular weight excluding hydrogens is 376 g/mol. The van der Waals surface area contributed by atoms with E-state index in [1.165, 1.54) is 69.8 Å². The highest BCUT2D eigenvalue weighted by atomic mass is 32.1. The lowest BCUT2D eigenvalue weighted by molar-refractivity contribution is 0.949. The highest BCUT2D eigenvalue weighted by Crippen LogP contribution is 2.43. The summed E-state index contributed by atoms with van der Waals surface area (Å²) in [6, 6.07) is 7.19. The average Bonchev–Trinajstić information content (AvgIpc) is 3.35. The van der Waals surface area contributed by atoms with E-state index in [-0.39, 0.29) is 0 Å². The fourth-order valence-corrected chi connectivity index (χ4v) is 8.83. The lowest BCUT2D eigenvalue weighted by atomic mass is 9.89. The first-order valence-electron chi connectivity index (χ1n) is 10.1. The highest BCUT2D eigenvalue weighted by Gasteiger charge is 2.40. The minimum Gasteiger partial charge on any atom is -0.372 e. The quantitative estimate of drug-likeness (QED) is 0.665. The summed E-state index contributed by atoms with van der Waals surface area (Å²) < 4.78 is 0. The van der Waals surface area contributed by atoms with Crippen molar-refractivity contribution in [3.8, 4) is 0 Å². The number of hydrogen-bond donors (Lipinski definition) is 1. The molecule has 1 N–H and O–H groups in total. The van der Waals surface area contributed by atoms with Crippen molar-refractivity contribution in [2.45, 2.75) is 32.9 Å². The van der Waals surface area contributed by atoms with Gasteiger partial charge >= 0.3 is 0 Å². The molecule has 5 rings (SSSR count). The van der Waals surface area contributed by atoms with Crippen molar-refractivity contribution < 1.29 is 0 Å². The number of benzene rings is 1. The topological polar surface area (TPSA) is 27.1 Å². The first kappa shape index (κ1) is 17.9. The standard InChI is InChI=1S/C24H26N2SSi/c1-16-14-27-15-21(16)24-19-8-6-17(25)12-22(19)28(2,3)23-13-18(7-9-20(23)24)26-10-4-5-11-26/h6-9,12-15,25H,4-5,10-11H2,1-3H3. The monoisotopic (exact) mass is 402 g/mol. The zero-order chi connectivity index (χ0) is 19.5. The summed E-state index contributed by atoms with van der Waals surface area (Å²) in [5.41, 5.74) is 8.81. The molecule has 3 heterocycles. The van der Waals surface area contributed by atoms with Crippen LogP contribution in [0.4, 0.5) is 5.69 Å². The van der Waals surface area contributed by atoms with Crippen molar-refractivity contribution in [1.82, 2.24) is 0 Å². The molecule has 2 aliphatic heterocycles. The zero-order valence-corrected chi connectivity index (χ0v) is 18.6. The van der Waals surface area contributed by atoms with Crippen molar-refractivity contribution in [3.05, 3.63) is 74.6 Å². The van der Waals surface area contributed by atoms with Gasteiger partial charge in [-0.2, -0.15) is 11.3 Å². The Morgan fingerprint density at radius 1 is 1.04 bits per heavy atom. The first-order valence-corrected chi connectivity index (χ1v) is 14.1. The fourth-order valence-electron chi connectivity index (χ4n) is 4.92. The van der Waals surface area contributed by atoms with E-state index in [2.05, 4.69) is 66.0 Å². The van der Waals surface area contributed by atoms with Crippen LogP contribution >= 0.6 is 11.3 Å². The van der Waals surface area contributed by atoms with E-state index in [0.29, 0.717) is 5.71 Å². The van der Waals surface area contributed by atoms with Crippen LogP contribution in [0, 0.1) is 12.3 Å². The molecular formula is C24H26N2SSi. The molecule has 2 nitrogen and oxygen atoms in total. The van der Waals surface area contributed by atoms with E-state index in [0.717, 1.165) is 0 Å². The normalized spacial score (nSPS) is 20.3. The predicted octanol–water partition coefficient (Wildman–Crippen LogP) is 5.44. The van der Waals surface area contributed by atoms with Crippen LogP contribution in [0.3, 0.4) is 0 Å². The van der Waals surface area contributed by atoms with Gasteiger partial charge in [0.25, 0.3) is 0 Å². The number of anilines is 1.